The summed E-state index contributed by atoms with van der Waals surface area (Å²) in [6.07, 6.45) is 2.93. The monoisotopic (exact) mass is 312 g/mol. The molecule has 0 bridgehead atoms. The molecule has 1 unspecified atom stereocenters. The van der Waals surface area contributed by atoms with Crippen molar-refractivity contribution in [3.63, 3.8) is 0 Å². The molecule has 5 heteroatoms. The summed E-state index contributed by atoms with van der Waals surface area (Å²) in [5.74, 6) is -0.0482. The number of hydrogen-bond donors (Lipinski definition) is 2. The van der Waals surface area contributed by atoms with Crippen molar-refractivity contribution < 1.29 is 9.90 Å². The van der Waals surface area contributed by atoms with Gasteiger partial charge < -0.3 is 15.7 Å². The third-order valence-electron chi connectivity index (χ3n) is 3.34. The van der Waals surface area contributed by atoms with E-state index in [0.29, 0.717) is 17.8 Å². The number of aliphatic hydroxyl groups excluding tert-OH is 1. The highest BCUT2D eigenvalue weighted by atomic mass is 79.9. The number of carbonyl (C=O) groups excluding carboxylic acids is 1. The van der Waals surface area contributed by atoms with E-state index in [1.807, 2.05) is 0 Å². The zero-order chi connectivity index (χ0) is 13.1. The van der Waals surface area contributed by atoms with Crippen molar-refractivity contribution in [2.75, 3.05) is 18.9 Å². The maximum Gasteiger partial charge on any atom is 0.254 e. The van der Waals surface area contributed by atoms with Gasteiger partial charge in [0, 0.05) is 22.3 Å². The predicted octanol–water partition coefficient (Wildman–Crippen LogP) is 2.02. The number of nitrogens with zero attached hydrogens (tertiary/aromatic N) is 1. The summed E-state index contributed by atoms with van der Waals surface area (Å²) >= 11 is 3.31. The van der Waals surface area contributed by atoms with Gasteiger partial charge in [0.1, 0.15) is 0 Å². The minimum absolute atomic E-state index is 0.0255. The molecule has 1 atom stereocenters. The fraction of sp³-hybridized carbons (Fsp3) is 0.462. The number of nitrogen functional groups attached to an aromatic ring is 1. The van der Waals surface area contributed by atoms with Crippen LogP contribution in [0, 0.1) is 0 Å². The summed E-state index contributed by atoms with van der Waals surface area (Å²) in [6, 6.07) is 5.15. The molecule has 3 N–H and O–H groups in total. The number of nitrogens with two attached hydrogens (primary N) is 1. The van der Waals surface area contributed by atoms with Crippen LogP contribution in [-0.2, 0) is 0 Å². The Morgan fingerprint density at radius 1 is 1.50 bits per heavy atom. The molecule has 0 spiro atoms. The molecule has 1 amide bonds. The van der Waals surface area contributed by atoms with Gasteiger partial charge >= 0.3 is 0 Å². The van der Waals surface area contributed by atoms with E-state index in [2.05, 4.69) is 15.9 Å². The minimum Gasteiger partial charge on any atom is -0.398 e. The van der Waals surface area contributed by atoms with Crippen LogP contribution in [0.4, 0.5) is 5.69 Å². The highest BCUT2D eigenvalue weighted by Crippen LogP contribution is 2.23. The van der Waals surface area contributed by atoms with Gasteiger partial charge in [0.2, 0.25) is 0 Å². The number of rotatable bonds is 2. The summed E-state index contributed by atoms with van der Waals surface area (Å²) in [6.45, 7) is 0.734. The van der Waals surface area contributed by atoms with Crippen LogP contribution in [0.5, 0.6) is 0 Å². The van der Waals surface area contributed by atoms with Gasteiger partial charge in [-0.1, -0.05) is 0 Å². The maximum absolute atomic E-state index is 12.4. The molecule has 0 radical (unpaired) electrons. The zero-order valence-electron chi connectivity index (χ0n) is 10.1. The lowest BCUT2D eigenvalue weighted by Crippen LogP contribution is -2.45. The van der Waals surface area contributed by atoms with Gasteiger partial charge in [-0.3, -0.25) is 4.79 Å². The quantitative estimate of drug-likeness (QED) is 0.821. The molecule has 1 aromatic carbocycles. The SMILES string of the molecule is Nc1cc(C(=O)N2CCCCC2CO)ccc1Br. The first kappa shape index (κ1) is 13.4. The van der Waals surface area contributed by atoms with E-state index in [4.69, 9.17) is 5.73 Å². The Morgan fingerprint density at radius 2 is 2.28 bits per heavy atom. The van der Waals surface area contributed by atoms with Gasteiger partial charge in [-0.2, -0.15) is 0 Å². The number of likely N-dealkylation sites (tertiary alicyclic amines) is 1. The lowest BCUT2D eigenvalue weighted by Gasteiger charge is -2.34. The summed E-state index contributed by atoms with van der Waals surface area (Å²) in [5.41, 5.74) is 6.92. The van der Waals surface area contributed by atoms with Crippen molar-refractivity contribution in [1.82, 2.24) is 4.90 Å². The Kier molecular flexibility index (Phi) is 4.24. The topological polar surface area (TPSA) is 66.6 Å². The Hall–Kier alpha value is -1.07. The standard InChI is InChI=1S/C13H17BrN2O2/c14-11-5-4-9(7-12(11)15)13(18)16-6-2-1-3-10(16)8-17/h4-5,7,10,17H,1-3,6,8,15H2. The molecule has 98 valence electrons. The smallest absolute Gasteiger partial charge is 0.254 e. The second-order valence-electron chi connectivity index (χ2n) is 4.57. The maximum atomic E-state index is 12.4. The molecule has 18 heavy (non-hydrogen) atoms. The van der Waals surface area contributed by atoms with E-state index in [1.54, 1.807) is 23.1 Å². The Morgan fingerprint density at radius 3 is 2.94 bits per heavy atom. The molecule has 4 nitrogen and oxygen atoms in total. The van der Waals surface area contributed by atoms with Crippen LogP contribution in [-0.4, -0.2) is 35.1 Å². The van der Waals surface area contributed by atoms with Crippen molar-refractivity contribution >= 4 is 27.5 Å². The molecule has 1 heterocycles. The van der Waals surface area contributed by atoms with Crippen LogP contribution in [0.15, 0.2) is 22.7 Å². The fourth-order valence-electron chi connectivity index (χ4n) is 2.30. The van der Waals surface area contributed by atoms with Gasteiger partial charge in [0.15, 0.2) is 0 Å². The average Bonchev–Trinajstić information content (AvgIpc) is 2.41. The summed E-state index contributed by atoms with van der Waals surface area (Å²) in [7, 11) is 0. The Bertz CT molecular complexity index is 451. The number of hydrogen-bond acceptors (Lipinski definition) is 3. The van der Waals surface area contributed by atoms with Crippen LogP contribution in [0.1, 0.15) is 29.6 Å². The fourth-order valence-corrected chi connectivity index (χ4v) is 2.55. The first-order chi connectivity index (χ1) is 8.63. The average molecular weight is 313 g/mol. The molecule has 1 aliphatic rings. The number of carbonyl (C=O) groups is 1. The molecular weight excluding hydrogens is 296 g/mol. The molecule has 2 rings (SSSR count). The number of anilines is 1. The summed E-state index contributed by atoms with van der Waals surface area (Å²) < 4.78 is 0.788. The molecule has 0 aliphatic carbocycles. The molecule has 1 aromatic rings. The Labute approximate surface area is 115 Å². The lowest BCUT2D eigenvalue weighted by atomic mass is 10.0. The van der Waals surface area contributed by atoms with E-state index < -0.39 is 0 Å². The number of amides is 1. The molecule has 1 saturated heterocycles. The van der Waals surface area contributed by atoms with Crippen molar-refractivity contribution in [2.24, 2.45) is 0 Å². The number of benzene rings is 1. The normalized spacial score (nSPS) is 19.9. The van der Waals surface area contributed by atoms with Crippen molar-refractivity contribution in [1.29, 1.82) is 0 Å². The molecule has 0 saturated carbocycles. The van der Waals surface area contributed by atoms with Crippen LogP contribution < -0.4 is 5.73 Å². The third-order valence-corrected chi connectivity index (χ3v) is 4.06. The van der Waals surface area contributed by atoms with Crippen LogP contribution in [0.25, 0.3) is 0 Å². The van der Waals surface area contributed by atoms with Crippen LogP contribution >= 0.6 is 15.9 Å². The highest BCUT2D eigenvalue weighted by Gasteiger charge is 2.26. The summed E-state index contributed by atoms with van der Waals surface area (Å²) in [4.78, 5) is 14.1. The molecular formula is C13H17BrN2O2. The molecule has 1 fully saturated rings. The zero-order valence-corrected chi connectivity index (χ0v) is 11.7. The van der Waals surface area contributed by atoms with Gasteiger partial charge in [0.25, 0.3) is 5.91 Å². The largest absolute Gasteiger partial charge is 0.398 e. The molecule has 0 aromatic heterocycles. The predicted molar refractivity (Wildman–Crippen MR) is 74.3 cm³/mol. The van der Waals surface area contributed by atoms with Crippen molar-refractivity contribution in [3.05, 3.63) is 28.2 Å². The van der Waals surface area contributed by atoms with Crippen LogP contribution in [0.2, 0.25) is 0 Å². The van der Waals surface area contributed by atoms with Gasteiger partial charge in [0.05, 0.1) is 12.6 Å². The van der Waals surface area contributed by atoms with Crippen molar-refractivity contribution in [2.45, 2.75) is 25.3 Å². The minimum atomic E-state index is -0.0591. The second kappa shape index (κ2) is 5.71. The third kappa shape index (κ3) is 2.67. The Balaban J connectivity index is 2.21. The van der Waals surface area contributed by atoms with Crippen LogP contribution in [0.3, 0.4) is 0 Å². The summed E-state index contributed by atoms with van der Waals surface area (Å²) in [5, 5.41) is 9.33. The van der Waals surface area contributed by atoms with E-state index >= 15 is 0 Å². The first-order valence-corrected chi connectivity index (χ1v) is 6.89. The second-order valence-corrected chi connectivity index (χ2v) is 5.42. The first-order valence-electron chi connectivity index (χ1n) is 6.10. The van der Waals surface area contributed by atoms with E-state index in [9.17, 15) is 9.90 Å². The van der Waals surface area contributed by atoms with E-state index in [-0.39, 0.29) is 18.6 Å². The highest BCUT2D eigenvalue weighted by molar-refractivity contribution is 9.10. The van der Waals surface area contributed by atoms with E-state index in [0.717, 1.165) is 23.7 Å². The van der Waals surface area contributed by atoms with Gasteiger partial charge in [-0.25, -0.2) is 0 Å². The number of aliphatic hydroxyl groups is 1. The number of piperidine rings is 1. The van der Waals surface area contributed by atoms with E-state index in [1.165, 1.54) is 0 Å². The van der Waals surface area contributed by atoms with Gasteiger partial charge in [-0.15, -0.1) is 0 Å². The molecule has 1 aliphatic heterocycles. The number of halogens is 1. The van der Waals surface area contributed by atoms with Crippen molar-refractivity contribution in [3.8, 4) is 0 Å². The van der Waals surface area contributed by atoms with Gasteiger partial charge in [-0.05, 0) is 53.4 Å². The lowest BCUT2D eigenvalue weighted by molar-refractivity contribution is 0.0503.